The number of fused-ring (bicyclic) bond motifs is 2. The van der Waals surface area contributed by atoms with Crippen molar-refractivity contribution in [3.8, 4) is 0 Å². The molecule has 1 saturated heterocycles. The number of carbonyl (C=O) groups excluding carboxylic acids is 3. The molecule has 2 saturated carbocycles. The molecule has 10 heteroatoms. The first-order valence-corrected chi connectivity index (χ1v) is 11.8. The summed E-state index contributed by atoms with van der Waals surface area (Å²) in [6, 6.07) is 8.94. The van der Waals surface area contributed by atoms with Crippen molar-refractivity contribution in [2.24, 2.45) is 11.7 Å². The topological polar surface area (TPSA) is 123 Å². The largest absolute Gasteiger partial charge is 0.364 e. The highest BCUT2D eigenvalue weighted by molar-refractivity contribution is 6.31. The van der Waals surface area contributed by atoms with Crippen LogP contribution in [0.5, 0.6) is 0 Å². The summed E-state index contributed by atoms with van der Waals surface area (Å²) in [4.78, 5) is 44.1. The molecule has 6 rings (SSSR count). The molecule has 0 bridgehead atoms. The number of pyridine rings is 1. The Hall–Kier alpha value is -3.46. The first-order chi connectivity index (χ1) is 16.4. The Balaban J connectivity index is 1.17. The highest BCUT2D eigenvalue weighted by atomic mass is 35.5. The summed E-state index contributed by atoms with van der Waals surface area (Å²) in [7, 11) is 0. The van der Waals surface area contributed by atoms with Crippen molar-refractivity contribution in [1.29, 1.82) is 0 Å². The molecular weight excluding hydrogens is 456 g/mol. The average Bonchev–Trinajstić information content (AvgIpc) is 3.69. The van der Waals surface area contributed by atoms with Crippen molar-refractivity contribution >= 4 is 40.2 Å². The molecule has 1 unspecified atom stereocenters. The van der Waals surface area contributed by atoms with Crippen LogP contribution in [0.3, 0.4) is 0 Å². The number of nitrogens with one attached hydrogen (secondary N) is 1. The Bertz CT molecular complexity index is 1340. The van der Waals surface area contributed by atoms with Crippen LogP contribution in [-0.4, -0.2) is 55.5 Å². The van der Waals surface area contributed by atoms with Crippen LogP contribution >= 0.6 is 11.6 Å². The molecule has 3 aliphatic rings. The fourth-order valence-corrected chi connectivity index (χ4v) is 5.61. The summed E-state index contributed by atoms with van der Waals surface area (Å²) in [6.07, 6.45) is 5.52. The second-order valence-electron chi connectivity index (χ2n) is 9.36. The van der Waals surface area contributed by atoms with Gasteiger partial charge in [-0.2, -0.15) is 5.10 Å². The number of amides is 3. The maximum absolute atomic E-state index is 13.4. The fraction of sp³-hybridized carbons (Fsp3) is 0.375. The highest BCUT2D eigenvalue weighted by Gasteiger charge is 2.56. The molecule has 3 fully saturated rings. The summed E-state index contributed by atoms with van der Waals surface area (Å²) in [5.74, 6) is -0.429. The van der Waals surface area contributed by atoms with Crippen LogP contribution in [0.2, 0.25) is 5.02 Å². The SMILES string of the molecule is NC(=O)c1nn(CC(=O)N2C3C[C@@H]3C[C@H]2C(=O)N[C@@H]2C[C@H]2c2ccccc2Cl)c2cnccc12. The van der Waals surface area contributed by atoms with Crippen molar-refractivity contribution in [3.63, 3.8) is 0 Å². The van der Waals surface area contributed by atoms with Crippen LogP contribution in [0.15, 0.2) is 42.7 Å². The van der Waals surface area contributed by atoms with E-state index >= 15 is 0 Å². The van der Waals surface area contributed by atoms with Crippen LogP contribution in [0, 0.1) is 5.92 Å². The van der Waals surface area contributed by atoms with Gasteiger partial charge in [-0.05, 0) is 42.9 Å². The molecule has 1 aromatic carbocycles. The van der Waals surface area contributed by atoms with Gasteiger partial charge in [-0.3, -0.25) is 24.0 Å². The predicted octanol–water partition coefficient (Wildman–Crippen LogP) is 1.85. The third-order valence-corrected chi connectivity index (χ3v) is 7.53. The number of hydrogen-bond donors (Lipinski definition) is 2. The second-order valence-corrected chi connectivity index (χ2v) is 9.76. The first kappa shape index (κ1) is 21.1. The first-order valence-electron chi connectivity index (χ1n) is 11.4. The van der Waals surface area contributed by atoms with Crippen LogP contribution in [-0.2, 0) is 16.1 Å². The van der Waals surface area contributed by atoms with Crippen LogP contribution in [0.25, 0.3) is 10.9 Å². The van der Waals surface area contributed by atoms with Crippen molar-refractivity contribution in [2.75, 3.05) is 0 Å². The maximum atomic E-state index is 13.4. The van der Waals surface area contributed by atoms with Crippen LogP contribution in [0.4, 0.5) is 0 Å². The number of nitrogens with two attached hydrogens (primary N) is 1. The molecule has 34 heavy (non-hydrogen) atoms. The Kier molecular flexibility index (Phi) is 4.84. The number of likely N-dealkylation sites (tertiary alicyclic amines) is 1. The third-order valence-electron chi connectivity index (χ3n) is 7.19. The Morgan fingerprint density at radius 2 is 1.97 bits per heavy atom. The van der Waals surface area contributed by atoms with E-state index in [9.17, 15) is 14.4 Å². The van der Waals surface area contributed by atoms with E-state index in [-0.39, 0.29) is 42.1 Å². The zero-order valence-corrected chi connectivity index (χ0v) is 19.0. The van der Waals surface area contributed by atoms with E-state index in [0.29, 0.717) is 28.3 Å². The minimum atomic E-state index is -0.666. The number of primary amides is 1. The Morgan fingerprint density at radius 1 is 1.15 bits per heavy atom. The predicted molar refractivity (Wildman–Crippen MR) is 124 cm³/mol. The third kappa shape index (κ3) is 3.51. The van der Waals surface area contributed by atoms with E-state index in [1.807, 2.05) is 24.3 Å². The van der Waals surface area contributed by atoms with Crippen LogP contribution in [0.1, 0.15) is 41.2 Å². The molecule has 3 aromatic rings. The van der Waals surface area contributed by atoms with Gasteiger partial charge in [-0.1, -0.05) is 29.8 Å². The smallest absolute Gasteiger partial charge is 0.269 e. The average molecular weight is 479 g/mol. The van der Waals surface area contributed by atoms with Crippen molar-refractivity contribution in [2.45, 2.75) is 49.9 Å². The lowest BCUT2D eigenvalue weighted by Gasteiger charge is -2.27. The molecule has 5 atom stereocenters. The van der Waals surface area contributed by atoms with E-state index in [1.54, 1.807) is 23.4 Å². The monoisotopic (exact) mass is 478 g/mol. The molecule has 2 aromatic heterocycles. The molecule has 2 aliphatic carbocycles. The zero-order valence-electron chi connectivity index (χ0n) is 18.2. The molecule has 0 radical (unpaired) electrons. The molecule has 3 heterocycles. The van der Waals surface area contributed by atoms with Gasteiger partial charge in [-0.25, -0.2) is 0 Å². The Morgan fingerprint density at radius 3 is 2.76 bits per heavy atom. The van der Waals surface area contributed by atoms with Gasteiger partial charge in [0.2, 0.25) is 11.8 Å². The number of nitrogens with zero attached hydrogens (tertiary/aromatic N) is 4. The van der Waals surface area contributed by atoms with E-state index in [4.69, 9.17) is 17.3 Å². The number of benzene rings is 1. The molecule has 9 nitrogen and oxygen atoms in total. The molecule has 1 aliphatic heterocycles. The normalized spacial score (nSPS) is 26.9. The number of rotatable bonds is 6. The second kappa shape index (κ2) is 7.80. The van der Waals surface area contributed by atoms with Crippen molar-refractivity contribution in [3.05, 3.63) is 59.0 Å². The quantitative estimate of drug-likeness (QED) is 0.559. The lowest BCUT2D eigenvalue weighted by atomic mass is 10.1. The molecule has 3 N–H and O–H groups in total. The highest BCUT2D eigenvalue weighted by Crippen LogP contribution is 2.49. The van der Waals surface area contributed by atoms with Gasteiger partial charge in [0.25, 0.3) is 5.91 Å². The maximum Gasteiger partial charge on any atom is 0.269 e. The summed E-state index contributed by atoms with van der Waals surface area (Å²) in [5, 5.41) is 8.64. The number of halogens is 1. The number of carbonyl (C=O) groups is 3. The summed E-state index contributed by atoms with van der Waals surface area (Å²) in [5.41, 5.74) is 7.16. The van der Waals surface area contributed by atoms with Gasteiger partial charge >= 0.3 is 0 Å². The summed E-state index contributed by atoms with van der Waals surface area (Å²) >= 11 is 6.31. The zero-order chi connectivity index (χ0) is 23.6. The number of piperidine rings is 1. The summed E-state index contributed by atoms with van der Waals surface area (Å²) < 4.78 is 1.45. The van der Waals surface area contributed by atoms with E-state index in [0.717, 1.165) is 18.4 Å². The lowest BCUT2D eigenvalue weighted by molar-refractivity contribution is -0.140. The molecular formula is C24H23ClN6O3. The minimum absolute atomic E-state index is 0.0283. The molecule has 3 amide bonds. The lowest BCUT2D eigenvalue weighted by Crippen LogP contribution is -2.49. The van der Waals surface area contributed by atoms with E-state index in [2.05, 4.69) is 15.4 Å². The van der Waals surface area contributed by atoms with Gasteiger partial charge < -0.3 is 16.0 Å². The molecule has 0 spiro atoms. The van der Waals surface area contributed by atoms with Gasteiger partial charge in [0.1, 0.15) is 12.6 Å². The minimum Gasteiger partial charge on any atom is -0.364 e. The van der Waals surface area contributed by atoms with Gasteiger partial charge in [0.05, 0.1) is 11.7 Å². The van der Waals surface area contributed by atoms with Gasteiger partial charge in [0, 0.05) is 34.6 Å². The van der Waals surface area contributed by atoms with E-state index in [1.165, 1.54) is 4.68 Å². The molecule has 174 valence electrons. The van der Waals surface area contributed by atoms with Crippen molar-refractivity contribution < 1.29 is 14.4 Å². The van der Waals surface area contributed by atoms with Gasteiger partial charge in [-0.15, -0.1) is 0 Å². The summed E-state index contributed by atoms with van der Waals surface area (Å²) in [6.45, 7) is -0.0891. The van der Waals surface area contributed by atoms with Crippen molar-refractivity contribution in [1.82, 2.24) is 25.0 Å². The number of aromatic nitrogens is 3. The standard InChI is InChI=1S/C24H23ClN6O3/c25-16-4-2-1-3-13(16)15-9-17(15)28-24(34)19-8-12-7-18(12)31(19)21(32)11-30-20-10-27-6-5-14(20)22(29-30)23(26)33/h1-6,10,12,15,17-19H,7-9,11H2,(H2,26,33)(H,28,34)/t12-,15+,17-,18?,19+/m1/s1. The van der Waals surface area contributed by atoms with Gasteiger partial charge in [0.15, 0.2) is 5.69 Å². The Labute approximate surface area is 200 Å². The van der Waals surface area contributed by atoms with E-state index < -0.39 is 11.9 Å². The number of hydrogen-bond acceptors (Lipinski definition) is 5. The fourth-order valence-electron chi connectivity index (χ4n) is 5.33. The van der Waals surface area contributed by atoms with Crippen LogP contribution < -0.4 is 11.1 Å².